The van der Waals surface area contributed by atoms with Crippen LogP contribution >= 0.6 is 0 Å². The van der Waals surface area contributed by atoms with E-state index in [-0.39, 0.29) is 6.10 Å². The predicted octanol–water partition coefficient (Wildman–Crippen LogP) is 3.52. The Morgan fingerprint density at radius 3 is 2.50 bits per heavy atom. The number of fused-ring (bicyclic) bond motifs is 1. The minimum atomic E-state index is 0.107. The van der Waals surface area contributed by atoms with Crippen molar-refractivity contribution in [2.45, 2.75) is 20.0 Å². The van der Waals surface area contributed by atoms with Crippen molar-refractivity contribution in [1.82, 2.24) is 0 Å². The fourth-order valence-electron chi connectivity index (χ4n) is 2.04. The van der Waals surface area contributed by atoms with E-state index in [2.05, 4.69) is 19.1 Å². The summed E-state index contributed by atoms with van der Waals surface area (Å²) in [6.45, 7) is 4.80. The monoisotopic (exact) mass is 215 g/mol. The Balaban J connectivity index is 2.58. The van der Waals surface area contributed by atoms with Gasteiger partial charge in [0.25, 0.3) is 0 Å². The van der Waals surface area contributed by atoms with Crippen molar-refractivity contribution in [1.29, 1.82) is 0 Å². The molecule has 84 valence electrons. The molecule has 0 aromatic heterocycles. The van der Waals surface area contributed by atoms with E-state index in [1.165, 1.54) is 10.9 Å². The Labute approximate surface area is 96.0 Å². The molecule has 0 unspecified atom stereocenters. The maximum Gasteiger partial charge on any atom is 0.0802 e. The number of ether oxygens (including phenoxy) is 1. The third-order valence-corrected chi connectivity index (χ3v) is 2.85. The molecule has 0 aliphatic heterocycles. The van der Waals surface area contributed by atoms with Gasteiger partial charge >= 0.3 is 0 Å². The van der Waals surface area contributed by atoms with E-state index in [0.29, 0.717) is 0 Å². The minimum absolute atomic E-state index is 0.107. The summed E-state index contributed by atoms with van der Waals surface area (Å²) < 4.78 is 5.64. The summed E-state index contributed by atoms with van der Waals surface area (Å²) in [5.74, 6) is 0. The van der Waals surface area contributed by atoms with Crippen molar-refractivity contribution < 1.29 is 4.74 Å². The largest absolute Gasteiger partial charge is 0.398 e. The van der Waals surface area contributed by atoms with Gasteiger partial charge in [-0.05, 0) is 30.9 Å². The number of anilines is 1. The van der Waals surface area contributed by atoms with Crippen molar-refractivity contribution >= 4 is 16.5 Å². The van der Waals surface area contributed by atoms with Gasteiger partial charge in [0.05, 0.1) is 6.10 Å². The van der Waals surface area contributed by atoms with Crippen LogP contribution in [0.5, 0.6) is 0 Å². The smallest absolute Gasteiger partial charge is 0.0802 e. The topological polar surface area (TPSA) is 35.2 Å². The average Bonchev–Trinajstić information content (AvgIpc) is 2.30. The van der Waals surface area contributed by atoms with E-state index < -0.39 is 0 Å². The molecule has 0 spiro atoms. The predicted molar refractivity (Wildman–Crippen MR) is 68.4 cm³/mol. The van der Waals surface area contributed by atoms with Crippen LogP contribution in [0.15, 0.2) is 36.4 Å². The van der Waals surface area contributed by atoms with E-state index in [0.717, 1.165) is 17.7 Å². The molecule has 1 atom stereocenters. The lowest BCUT2D eigenvalue weighted by atomic mass is 10.00. The molecule has 0 heterocycles. The zero-order valence-electron chi connectivity index (χ0n) is 9.73. The summed E-state index contributed by atoms with van der Waals surface area (Å²) in [6, 6.07) is 12.2. The van der Waals surface area contributed by atoms with E-state index in [4.69, 9.17) is 10.5 Å². The Hall–Kier alpha value is -1.54. The average molecular weight is 215 g/mol. The molecule has 0 aliphatic carbocycles. The lowest BCUT2D eigenvalue weighted by Gasteiger charge is -2.15. The Kier molecular flexibility index (Phi) is 3.11. The number of nitrogens with two attached hydrogens (primary N) is 1. The Morgan fingerprint density at radius 1 is 1.12 bits per heavy atom. The Bertz CT molecular complexity index is 493. The highest BCUT2D eigenvalue weighted by atomic mass is 16.5. The summed E-state index contributed by atoms with van der Waals surface area (Å²) in [5.41, 5.74) is 7.98. The minimum Gasteiger partial charge on any atom is -0.398 e. The van der Waals surface area contributed by atoms with Gasteiger partial charge in [-0.1, -0.05) is 30.3 Å². The fourth-order valence-corrected chi connectivity index (χ4v) is 2.04. The first-order chi connectivity index (χ1) is 7.74. The van der Waals surface area contributed by atoms with Gasteiger partial charge in [-0.2, -0.15) is 0 Å². The first-order valence-electron chi connectivity index (χ1n) is 5.62. The highest BCUT2D eigenvalue weighted by Crippen LogP contribution is 2.29. The van der Waals surface area contributed by atoms with Gasteiger partial charge in [0, 0.05) is 17.7 Å². The lowest BCUT2D eigenvalue weighted by molar-refractivity contribution is 0.0774. The van der Waals surface area contributed by atoms with Gasteiger partial charge in [0.2, 0.25) is 0 Å². The van der Waals surface area contributed by atoms with Crippen LogP contribution in [0.2, 0.25) is 0 Å². The summed E-state index contributed by atoms with van der Waals surface area (Å²) in [4.78, 5) is 0. The van der Waals surface area contributed by atoms with Crippen LogP contribution in [0.3, 0.4) is 0 Å². The van der Waals surface area contributed by atoms with Crippen LogP contribution in [0.4, 0.5) is 5.69 Å². The number of benzene rings is 2. The summed E-state index contributed by atoms with van der Waals surface area (Å²) in [6.07, 6.45) is 0.107. The zero-order chi connectivity index (χ0) is 11.5. The fraction of sp³-hybridized carbons (Fsp3) is 0.286. The molecule has 2 heteroatoms. The van der Waals surface area contributed by atoms with Gasteiger partial charge in [0.1, 0.15) is 0 Å². The molecular weight excluding hydrogens is 198 g/mol. The molecule has 0 aliphatic rings. The second kappa shape index (κ2) is 4.54. The summed E-state index contributed by atoms with van der Waals surface area (Å²) >= 11 is 0. The van der Waals surface area contributed by atoms with Gasteiger partial charge in [-0.25, -0.2) is 0 Å². The molecule has 0 saturated heterocycles. The van der Waals surface area contributed by atoms with E-state index >= 15 is 0 Å². The summed E-state index contributed by atoms with van der Waals surface area (Å²) in [7, 11) is 0. The summed E-state index contributed by atoms with van der Waals surface area (Å²) in [5, 5.41) is 2.29. The zero-order valence-corrected chi connectivity index (χ0v) is 9.73. The second-order valence-electron chi connectivity index (χ2n) is 3.89. The lowest BCUT2D eigenvalue weighted by Crippen LogP contribution is -2.01. The molecule has 0 saturated carbocycles. The Morgan fingerprint density at radius 2 is 1.81 bits per heavy atom. The van der Waals surface area contributed by atoms with Crippen LogP contribution in [0.1, 0.15) is 25.5 Å². The first-order valence-corrected chi connectivity index (χ1v) is 5.62. The van der Waals surface area contributed by atoms with Crippen LogP contribution in [0.25, 0.3) is 10.8 Å². The van der Waals surface area contributed by atoms with Crippen LogP contribution in [-0.2, 0) is 4.74 Å². The molecule has 2 aromatic rings. The maximum atomic E-state index is 5.96. The molecule has 2 nitrogen and oxygen atoms in total. The van der Waals surface area contributed by atoms with E-state index in [9.17, 15) is 0 Å². The molecule has 0 radical (unpaired) electrons. The number of hydrogen-bond acceptors (Lipinski definition) is 2. The van der Waals surface area contributed by atoms with Crippen LogP contribution in [-0.4, -0.2) is 6.61 Å². The second-order valence-corrected chi connectivity index (χ2v) is 3.89. The molecular formula is C14H17NO. The highest BCUT2D eigenvalue weighted by molar-refractivity contribution is 5.95. The standard InChI is InChI=1S/C14H17NO/c1-3-16-10(2)11-8-9-14(15)13-7-5-4-6-12(11)13/h4-10H,3,15H2,1-2H3/t10-/m1/s1. The molecule has 0 amide bonds. The van der Waals surface area contributed by atoms with Crippen molar-refractivity contribution in [3.63, 3.8) is 0 Å². The maximum absolute atomic E-state index is 5.96. The third-order valence-electron chi connectivity index (χ3n) is 2.85. The normalized spacial score (nSPS) is 12.9. The number of hydrogen-bond donors (Lipinski definition) is 1. The van der Waals surface area contributed by atoms with Crippen LogP contribution in [0, 0.1) is 0 Å². The molecule has 16 heavy (non-hydrogen) atoms. The molecule has 2 rings (SSSR count). The van der Waals surface area contributed by atoms with E-state index in [1.807, 2.05) is 31.2 Å². The third kappa shape index (κ3) is 1.89. The van der Waals surface area contributed by atoms with Gasteiger partial charge in [-0.15, -0.1) is 0 Å². The van der Waals surface area contributed by atoms with Crippen molar-refractivity contribution in [2.24, 2.45) is 0 Å². The molecule has 2 aromatic carbocycles. The molecule has 2 N–H and O–H groups in total. The van der Waals surface area contributed by atoms with Crippen molar-refractivity contribution in [3.8, 4) is 0 Å². The molecule has 0 fully saturated rings. The van der Waals surface area contributed by atoms with Gasteiger partial charge in [0.15, 0.2) is 0 Å². The molecule has 0 bridgehead atoms. The van der Waals surface area contributed by atoms with Crippen molar-refractivity contribution in [2.75, 3.05) is 12.3 Å². The number of rotatable bonds is 3. The first kappa shape index (κ1) is 11.0. The van der Waals surface area contributed by atoms with E-state index in [1.54, 1.807) is 0 Å². The van der Waals surface area contributed by atoms with Crippen LogP contribution < -0.4 is 5.73 Å². The SMILES string of the molecule is CCO[C@H](C)c1ccc(N)c2ccccc12. The van der Waals surface area contributed by atoms with Crippen molar-refractivity contribution in [3.05, 3.63) is 42.0 Å². The number of nitrogen functional groups attached to an aromatic ring is 1. The quantitative estimate of drug-likeness (QED) is 0.795. The highest BCUT2D eigenvalue weighted by Gasteiger charge is 2.10. The van der Waals surface area contributed by atoms with Gasteiger partial charge in [-0.3, -0.25) is 0 Å². The van der Waals surface area contributed by atoms with Gasteiger partial charge < -0.3 is 10.5 Å².